The smallest absolute Gasteiger partial charge is 0.250 e. The maximum atomic E-state index is 13.0. The molecule has 2 N–H and O–H groups in total. The zero-order valence-electron chi connectivity index (χ0n) is 8.90. The van der Waals surface area contributed by atoms with E-state index < -0.39 is 5.92 Å². The Morgan fingerprint density at radius 3 is 2.69 bits per heavy atom. The first-order valence-electron chi connectivity index (χ1n) is 5.32. The predicted octanol–water partition coefficient (Wildman–Crippen LogP) is 1.87. The number of hydrogen-bond acceptors (Lipinski definition) is 4. The minimum atomic E-state index is -2.50. The third-order valence-corrected chi connectivity index (χ3v) is 3.59. The molecule has 0 aliphatic carbocycles. The van der Waals surface area contributed by atoms with Crippen molar-refractivity contribution in [1.82, 2.24) is 9.88 Å². The standard InChI is InChI=1S/C10H15F2N3S/c11-10(12)1-3-15(4-2-10)9(5-13)8-6-16-7-14-8/h6-7,9H,1-5,13H2. The molecule has 1 aliphatic heterocycles. The number of likely N-dealkylation sites (tertiary alicyclic amines) is 1. The van der Waals surface area contributed by atoms with Gasteiger partial charge in [0.2, 0.25) is 0 Å². The van der Waals surface area contributed by atoms with Gasteiger partial charge in [0.05, 0.1) is 17.2 Å². The average molecular weight is 247 g/mol. The van der Waals surface area contributed by atoms with Crippen LogP contribution >= 0.6 is 11.3 Å². The number of alkyl halides is 2. The molecular formula is C10H15F2N3S. The topological polar surface area (TPSA) is 42.1 Å². The lowest BCUT2D eigenvalue weighted by atomic mass is 10.0. The van der Waals surface area contributed by atoms with Gasteiger partial charge in [-0.1, -0.05) is 0 Å². The molecule has 2 rings (SSSR count). The molecule has 1 fully saturated rings. The van der Waals surface area contributed by atoms with Crippen molar-refractivity contribution in [2.24, 2.45) is 5.73 Å². The average Bonchev–Trinajstić information content (AvgIpc) is 2.75. The van der Waals surface area contributed by atoms with Gasteiger partial charge < -0.3 is 5.73 Å². The van der Waals surface area contributed by atoms with Gasteiger partial charge in [0.15, 0.2) is 0 Å². The summed E-state index contributed by atoms with van der Waals surface area (Å²) in [7, 11) is 0. The Hall–Kier alpha value is -0.590. The van der Waals surface area contributed by atoms with Crippen molar-refractivity contribution in [3.05, 3.63) is 16.6 Å². The van der Waals surface area contributed by atoms with Gasteiger partial charge in [-0.15, -0.1) is 11.3 Å². The molecule has 16 heavy (non-hydrogen) atoms. The zero-order valence-corrected chi connectivity index (χ0v) is 9.72. The summed E-state index contributed by atoms with van der Waals surface area (Å²) in [4.78, 5) is 6.21. The summed E-state index contributed by atoms with van der Waals surface area (Å²) in [6.45, 7) is 1.22. The normalized spacial score (nSPS) is 23.2. The molecule has 0 saturated carbocycles. The molecule has 1 aromatic rings. The molecule has 90 valence electrons. The molecule has 1 unspecified atom stereocenters. The summed E-state index contributed by atoms with van der Waals surface area (Å²) in [5.74, 6) is -2.50. The minimum absolute atomic E-state index is 0.0117. The fraction of sp³-hybridized carbons (Fsp3) is 0.700. The second-order valence-electron chi connectivity index (χ2n) is 4.06. The van der Waals surface area contributed by atoms with E-state index in [0.29, 0.717) is 19.6 Å². The summed E-state index contributed by atoms with van der Waals surface area (Å²) >= 11 is 1.51. The maximum Gasteiger partial charge on any atom is 0.250 e. The number of rotatable bonds is 3. The van der Waals surface area contributed by atoms with Crippen LogP contribution in [0.2, 0.25) is 0 Å². The van der Waals surface area contributed by atoms with Crippen LogP contribution in [0.5, 0.6) is 0 Å². The van der Waals surface area contributed by atoms with E-state index in [9.17, 15) is 8.78 Å². The minimum Gasteiger partial charge on any atom is -0.329 e. The molecule has 0 bridgehead atoms. The highest BCUT2D eigenvalue weighted by molar-refractivity contribution is 7.07. The molecule has 0 spiro atoms. The van der Waals surface area contributed by atoms with Crippen molar-refractivity contribution >= 4 is 11.3 Å². The first-order valence-corrected chi connectivity index (χ1v) is 6.27. The third kappa shape index (κ3) is 2.56. The van der Waals surface area contributed by atoms with Crippen molar-refractivity contribution in [3.63, 3.8) is 0 Å². The molecule has 1 atom stereocenters. The van der Waals surface area contributed by atoms with E-state index >= 15 is 0 Å². The van der Waals surface area contributed by atoms with Crippen LogP contribution in [0.3, 0.4) is 0 Å². The highest BCUT2D eigenvalue weighted by atomic mass is 32.1. The second-order valence-corrected chi connectivity index (χ2v) is 4.78. The van der Waals surface area contributed by atoms with E-state index in [2.05, 4.69) is 4.98 Å². The number of hydrogen-bond donors (Lipinski definition) is 1. The molecule has 0 amide bonds. The van der Waals surface area contributed by atoms with E-state index in [0.717, 1.165) is 5.69 Å². The highest BCUT2D eigenvalue weighted by Gasteiger charge is 2.36. The molecule has 6 heteroatoms. The van der Waals surface area contributed by atoms with Gasteiger partial charge in [-0.05, 0) is 0 Å². The molecular weight excluding hydrogens is 232 g/mol. The fourth-order valence-corrected chi connectivity index (χ4v) is 2.61. The van der Waals surface area contributed by atoms with Crippen LogP contribution in [-0.4, -0.2) is 35.4 Å². The van der Waals surface area contributed by atoms with Crippen LogP contribution in [0.25, 0.3) is 0 Å². The van der Waals surface area contributed by atoms with Gasteiger partial charge in [0, 0.05) is 37.9 Å². The first kappa shape index (κ1) is 11.9. The van der Waals surface area contributed by atoms with Crippen LogP contribution in [0.15, 0.2) is 10.9 Å². The van der Waals surface area contributed by atoms with Crippen molar-refractivity contribution < 1.29 is 8.78 Å². The van der Waals surface area contributed by atoms with Gasteiger partial charge in [-0.2, -0.15) is 0 Å². The number of halogens is 2. The quantitative estimate of drug-likeness (QED) is 0.886. The van der Waals surface area contributed by atoms with E-state index in [1.54, 1.807) is 5.51 Å². The third-order valence-electron chi connectivity index (χ3n) is 2.99. The van der Waals surface area contributed by atoms with Gasteiger partial charge in [-0.3, -0.25) is 4.90 Å². The second kappa shape index (κ2) is 4.73. The Labute approximate surface area is 97.3 Å². The number of thiazole rings is 1. The largest absolute Gasteiger partial charge is 0.329 e. The Kier molecular flexibility index (Phi) is 3.51. The highest BCUT2D eigenvalue weighted by Crippen LogP contribution is 2.31. The van der Waals surface area contributed by atoms with Gasteiger partial charge in [0.25, 0.3) is 5.92 Å². The van der Waals surface area contributed by atoms with E-state index in [-0.39, 0.29) is 18.9 Å². The molecule has 2 heterocycles. The summed E-state index contributed by atoms with van der Waals surface area (Å²) in [5.41, 5.74) is 8.35. The molecule has 1 saturated heterocycles. The Bertz CT molecular complexity index is 319. The lowest BCUT2D eigenvalue weighted by Gasteiger charge is -2.36. The predicted molar refractivity (Wildman–Crippen MR) is 59.7 cm³/mol. The molecule has 0 aromatic carbocycles. The molecule has 1 aromatic heterocycles. The van der Waals surface area contributed by atoms with Crippen molar-refractivity contribution in [2.75, 3.05) is 19.6 Å². The summed E-state index contributed by atoms with van der Waals surface area (Å²) < 4.78 is 26.0. The lowest BCUT2D eigenvalue weighted by molar-refractivity contribution is -0.0630. The van der Waals surface area contributed by atoms with Crippen molar-refractivity contribution in [3.8, 4) is 0 Å². The molecule has 0 radical (unpaired) electrons. The van der Waals surface area contributed by atoms with Gasteiger partial charge in [-0.25, -0.2) is 13.8 Å². The Morgan fingerprint density at radius 1 is 1.50 bits per heavy atom. The van der Waals surface area contributed by atoms with Crippen molar-refractivity contribution in [1.29, 1.82) is 0 Å². The van der Waals surface area contributed by atoms with Crippen LogP contribution < -0.4 is 5.73 Å². The van der Waals surface area contributed by atoms with Crippen LogP contribution in [-0.2, 0) is 0 Å². The van der Waals surface area contributed by atoms with E-state index in [1.807, 2.05) is 10.3 Å². The molecule has 1 aliphatic rings. The van der Waals surface area contributed by atoms with Crippen LogP contribution in [0.4, 0.5) is 8.78 Å². The lowest BCUT2D eigenvalue weighted by Crippen LogP contribution is -2.43. The van der Waals surface area contributed by atoms with E-state index in [4.69, 9.17) is 5.73 Å². The monoisotopic (exact) mass is 247 g/mol. The Balaban J connectivity index is 2.02. The fourth-order valence-electron chi connectivity index (χ4n) is 2.01. The zero-order chi connectivity index (χ0) is 11.6. The number of nitrogens with two attached hydrogens (primary N) is 1. The summed E-state index contributed by atoms with van der Waals surface area (Å²) in [5, 5.41) is 1.93. The van der Waals surface area contributed by atoms with E-state index in [1.165, 1.54) is 11.3 Å². The Morgan fingerprint density at radius 2 is 2.19 bits per heavy atom. The van der Waals surface area contributed by atoms with Crippen LogP contribution in [0.1, 0.15) is 24.6 Å². The van der Waals surface area contributed by atoms with Gasteiger partial charge >= 0.3 is 0 Å². The van der Waals surface area contributed by atoms with Crippen LogP contribution in [0, 0.1) is 0 Å². The molecule has 3 nitrogen and oxygen atoms in total. The number of aromatic nitrogens is 1. The van der Waals surface area contributed by atoms with Crippen molar-refractivity contribution in [2.45, 2.75) is 24.8 Å². The maximum absolute atomic E-state index is 13.0. The summed E-state index contributed by atoms with van der Waals surface area (Å²) in [6, 6.07) is -0.0117. The van der Waals surface area contributed by atoms with Gasteiger partial charge in [0.1, 0.15) is 0 Å². The number of nitrogens with zero attached hydrogens (tertiary/aromatic N) is 2. The summed E-state index contributed by atoms with van der Waals surface area (Å²) in [6.07, 6.45) is -0.152. The SMILES string of the molecule is NCC(c1cscn1)N1CCC(F)(F)CC1. The first-order chi connectivity index (χ1) is 7.62. The number of piperidine rings is 1.